The predicted molar refractivity (Wildman–Crippen MR) is 150 cm³/mol. The minimum absolute atomic E-state index is 0.551. The molecule has 0 bridgehead atoms. The molecule has 0 spiro atoms. The molecule has 188 valence electrons. The number of halogens is 4. The summed E-state index contributed by atoms with van der Waals surface area (Å²) in [4.78, 5) is 2.36. The molecule has 0 amide bonds. The van der Waals surface area contributed by atoms with Gasteiger partial charge in [0.2, 0.25) is 0 Å². The van der Waals surface area contributed by atoms with Crippen molar-refractivity contribution >= 4 is 22.7 Å². The van der Waals surface area contributed by atoms with Gasteiger partial charge in [-0.05, 0) is 80.5 Å². The van der Waals surface area contributed by atoms with Crippen LogP contribution >= 0.6 is 22.7 Å². The van der Waals surface area contributed by atoms with Crippen molar-refractivity contribution in [2.75, 3.05) is 0 Å². The zero-order chi connectivity index (χ0) is 26.5. The molecule has 0 aliphatic carbocycles. The zero-order valence-electron chi connectivity index (χ0n) is 19.9. The van der Waals surface area contributed by atoms with E-state index in [1.54, 1.807) is 22.7 Å². The van der Waals surface area contributed by atoms with Gasteiger partial charge in [-0.2, -0.15) is 0 Å². The number of hydrogen-bond donors (Lipinski definition) is 0. The molecule has 2 heterocycles. The highest BCUT2D eigenvalue weighted by atomic mass is 32.1. The Morgan fingerprint density at radius 2 is 0.658 bits per heavy atom. The average molecular weight is 545 g/mol. The lowest BCUT2D eigenvalue weighted by Crippen LogP contribution is -1.84. The van der Waals surface area contributed by atoms with Crippen molar-refractivity contribution in [1.29, 1.82) is 0 Å². The second-order valence-electron chi connectivity index (χ2n) is 8.43. The molecule has 0 nitrogen and oxygen atoms in total. The van der Waals surface area contributed by atoms with E-state index in [0.717, 1.165) is 34.4 Å². The van der Waals surface area contributed by atoms with Crippen molar-refractivity contribution in [1.82, 2.24) is 0 Å². The summed E-state index contributed by atoms with van der Waals surface area (Å²) >= 11 is 3.33. The molecule has 0 fully saturated rings. The largest absolute Gasteiger partial charge is 0.207 e. The Hall–Kier alpha value is -4.00. The van der Waals surface area contributed by atoms with Crippen LogP contribution < -0.4 is 0 Å². The van der Waals surface area contributed by atoms with Crippen molar-refractivity contribution in [3.8, 4) is 43.1 Å². The third-order valence-electron chi connectivity index (χ3n) is 5.77. The van der Waals surface area contributed by atoms with E-state index in [1.807, 2.05) is 83.6 Å². The van der Waals surface area contributed by atoms with Crippen LogP contribution in [-0.4, -0.2) is 0 Å². The molecule has 0 saturated heterocycles. The molecule has 0 atom stereocenters. The number of hydrogen-bond acceptors (Lipinski definition) is 2. The van der Waals surface area contributed by atoms with Crippen LogP contribution in [0.15, 0.2) is 120 Å². The quantitative estimate of drug-likeness (QED) is 0.194. The molecular weight excluding hydrogens is 524 g/mol. The molecule has 0 saturated carbocycles. The van der Waals surface area contributed by atoms with E-state index < -0.39 is 23.3 Å². The molecule has 0 unspecified atom stereocenters. The van der Waals surface area contributed by atoms with Gasteiger partial charge in [-0.1, -0.05) is 60.7 Å². The van der Waals surface area contributed by atoms with Gasteiger partial charge >= 0.3 is 0 Å². The normalized spacial score (nSPS) is 10.6. The summed E-state index contributed by atoms with van der Waals surface area (Å²) in [5.74, 6) is -2.23. The van der Waals surface area contributed by atoms with E-state index in [-0.39, 0.29) is 0 Å². The van der Waals surface area contributed by atoms with Crippen LogP contribution in [0, 0.1) is 23.3 Å². The molecule has 0 aliphatic heterocycles. The zero-order valence-corrected chi connectivity index (χ0v) is 21.5. The summed E-state index contributed by atoms with van der Waals surface area (Å²) in [6.45, 7) is 0. The summed E-state index contributed by atoms with van der Waals surface area (Å²) in [7, 11) is 0. The van der Waals surface area contributed by atoms with Crippen LogP contribution in [0.1, 0.15) is 0 Å². The summed E-state index contributed by atoms with van der Waals surface area (Å²) in [5.41, 5.74) is 4.93. The Morgan fingerprint density at radius 1 is 0.342 bits per heavy atom. The number of thiophene rings is 2. The second kappa shape index (κ2) is 11.6. The SMILES string of the molecule is Fc1cc(F)cc(-c2ccc(-c3cccs3)cc2)c1.Fc1cc(F)cc(-c2ccc(-c3cccs3)cc2)c1. The topological polar surface area (TPSA) is 0 Å². The van der Waals surface area contributed by atoms with Gasteiger partial charge < -0.3 is 0 Å². The van der Waals surface area contributed by atoms with Gasteiger partial charge in [-0.3, -0.25) is 0 Å². The maximum atomic E-state index is 13.2. The van der Waals surface area contributed by atoms with E-state index >= 15 is 0 Å². The molecule has 0 aliphatic rings. The lowest BCUT2D eigenvalue weighted by atomic mass is 10.0. The van der Waals surface area contributed by atoms with Crippen molar-refractivity contribution in [3.05, 3.63) is 143 Å². The summed E-state index contributed by atoms with van der Waals surface area (Å²) in [5, 5.41) is 4.04. The van der Waals surface area contributed by atoms with E-state index in [4.69, 9.17) is 0 Å². The van der Waals surface area contributed by atoms with Crippen LogP contribution in [0.25, 0.3) is 43.1 Å². The monoisotopic (exact) mass is 544 g/mol. The lowest BCUT2D eigenvalue weighted by Gasteiger charge is -2.04. The number of rotatable bonds is 4. The van der Waals surface area contributed by atoms with E-state index in [0.29, 0.717) is 11.1 Å². The van der Waals surface area contributed by atoms with E-state index in [2.05, 4.69) is 0 Å². The van der Waals surface area contributed by atoms with Crippen LogP contribution in [0.4, 0.5) is 17.6 Å². The molecule has 0 radical (unpaired) electrons. The van der Waals surface area contributed by atoms with Gasteiger partial charge in [-0.25, -0.2) is 17.6 Å². The highest BCUT2D eigenvalue weighted by Crippen LogP contribution is 2.29. The fraction of sp³-hybridized carbons (Fsp3) is 0. The van der Waals surface area contributed by atoms with Crippen molar-refractivity contribution in [2.24, 2.45) is 0 Å². The third-order valence-corrected chi connectivity index (χ3v) is 7.61. The van der Waals surface area contributed by atoms with Gasteiger partial charge in [0, 0.05) is 21.9 Å². The molecule has 38 heavy (non-hydrogen) atoms. The Balaban J connectivity index is 0.000000155. The molecule has 2 aromatic heterocycles. The van der Waals surface area contributed by atoms with Crippen LogP contribution in [0.3, 0.4) is 0 Å². The van der Waals surface area contributed by atoms with Crippen LogP contribution in [0.2, 0.25) is 0 Å². The Bertz CT molecular complexity index is 1460. The fourth-order valence-corrected chi connectivity index (χ4v) is 5.45. The van der Waals surface area contributed by atoms with Gasteiger partial charge in [0.1, 0.15) is 23.3 Å². The molecule has 6 aromatic rings. The summed E-state index contributed by atoms with van der Waals surface area (Å²) in [6, 6.07) is 30.5. The maximum Gasteiger partial charge on any atom is 0.126 e. The molecule has 0 N–H and O–H groups in total. The predicted octanol–water partition coefficient (Wildman–Crippen LogP) is 10.7. The van der Waals surface area contributed by atoms with Crippen molar-refractivity contribution < 1.29 is 17.6 Å². The Labute approximate surface area is 226 Å². The minimum atomic E-state index is -0.558. The van der Waals surface area contributed by atoms with Gasteiger partial charge in [0.15, 0.2) is 0 Å². The first-order valence-corrected chi connectivity index (χ1v) is 13.4. The second-order valence-corrected chi connectivity index (χ2v) is 10.3. The smallest absolute Gasteiger partial charge is 0.126 e. The van der Waals surface area contributed by atoms with Gasteiger partial charge in [-0.15, -0.1) is 22.7 Å². The van der Waals surface area contributed by atoms with Crippen molar-refractivity contribution in [2.45, 2.75) is 0 Å². The third kappa shape index (κ3) is 6.28. The van der Waals surface area contributed by atoms with Crippen LogP contribution in [0.5, 0.6) is 0 Å². The average Bonchev–Trinajstić information content (AvgIpc) is 3.63. The first-order valence-electron chi connectivity index (χ1n) is 11.7. The first-order chi connectivity index (χ1) is 18.4. The maximum absolute atomic E-state index is 13.2. The molecule has 6 rings (SSSR count). The van der Waals surface area contributed by atoms with E-state index in [1.165, 1.54) is 34.0 Å². The highest BCUT2D eigenvalue weighted by molar-refractivity contribution is 7.13. The number of benzene rings is 4. The Morgan fingerprint density at radius 3 is 0.947 bits per heavy atom. The molecular formula is C32H20F4S2. The van der Waals surface area contributed by atoms with E-state index in [9.17, 15) is 17.6 Å². The fourth-order valence-electron chi connectivity index (χ4n) is 3.98. The summed E-state index contributed by atoms with van der Waals surface area (Å²) in [6.07, 6.45) is 0. The minimum Gasteiger partial charge on any atom is -0.207 e. The van der Waals surface area contributed by atoms with Gasteiger partial charge in [0.05, 0.1) is 0 Å². The molecule has 4 aromatic carbocycles. The van der Waals surface area contributed by atoms with Crippen LogP contribution in [-0.2, 0) is 0 Å². The summed E-state index contributed by atoms with van der Waals surface area (Å²) < 4.78 is 52.7. The Kier molecular flexibility index (Phi) is 7.82. The van der Waals surface area contributed by atoms with Gasteiger partial charge in [0.25, 0.3) is 0 Å². The standard InChI is InChI=1S/2C16H10F2S/c2*17-14-8-13(9-15(18)10-14)11-3-5-12(6-4-11)16-2-1-7-19-16/h2*1-10H. The lowest BCUT2D eigenvalue weighted by molar-refractivity contribution is 0.583. The van der Waals surface area contributed by atoms with Crippen molar-refractivity contribution in [3.63, 3.8) is 0 Å². The molecule has 6 heteroatoms. The highest BCUT2D eigenvalue weighted by Gasteiger charge is 2.06. The first kappa shape index (κ1) is 25.6.